The summed E-state index contributed by atoms with van der Waals surface area (Å²) in [5.41, 5.74) is 1.26. The van der Waals surface area contributed by atoms with Crippen LogP contribution >= 0.6 is 23.2 Å². The van der Waals surface area contributed by atoms with Gasteiger partial charge in [0.2, 0.25) is 29.5 Å². The number of carbonyl (C=O) groups is 6. The van der Waals surface area contributed by atoms with Crippen molar-refractivity contribution in [3.8, 4) is 11.8 Å². The second kappa shape index (κ2) is 18.9. The second-order valence-corrected chi connectivity index (χ2v) is 21.7. The molecule has 0 radical (unpaired) electrons. The number of imide groups is 1. The van der Waals surface area contributed by atoms with Crippen molar-refractivity contribution in [2.24, 2.45) is 16.7 Å². The Labute approximate surface area is 407 Å². The molecular weight excluding hydrogens is 907 g/mol. The standard InChI is InChI=1S/C53H59Cl2FN6O6/c1-51(2,3)29-41-53(37-17-16-33(54)28-39(37)58-49(53)67)43(35-12-8-13-38(55)44(35)56)45(59-41)47(65)57-25-9-24-52(22-5-4-6-23-52)50(68)61-26-20-31(21-27-61)14-15-32-10-7-11-34-36(32)30-62(48(34)66)40-18-19-42(63)60-46(40)64/h7-8,10-13,16-17,28,31,40-41,43,45,59H,4-6,9,18-27,29-30H2,1-3H3,(H,57,65)(H,58,67)(H,60,63,64)/t40?,41-,43-,45+,53+/m0/s1. The van der Waals surface area contributed by atoms with Gasteiger partial charge >= 0.3 is 0 Å². The molecule has 6 aliphatic rings. The van der Waals surface area contributed by atoms with E-state index in [1.807, 2.05) is 11.0 Å². The number of rotatable bonds is 9. The van der Waals surface area contributed by atoms with Crippen molar-refractivity contribution in [2.45, 2.75) is 134 Å². The summed E-state index contributed by atoms with van der Waals surface area (Å²) in [6.07, 6.45) is 8.13. The summed E-state index contributed by atoms with van der Waals surface area (Å²) in [4.78, 5) is 85.0. The first-order chi connectivity index (χ1) is 32.5. The molecular formula is C53H59Cl2FN6O6. The number of piperidine rings is 2. The second-order valence-electron chi connectivity index (χ2n) is 20.9. The van der Waals surface area contributed by atoms with Crippen LogP contribution in [0.15, 0.2) is 54.6 Å². The Morgan fingerprint density at radius 1 is 0.941 bits per heavy atom. The van der Waals surface area contributed by atoms with Gasteiger partial charge in [-0.05, 0) is 104 Å². The topological polar surface area (TPSA) is 157 Å². The van der Waals surface area contributed by atoms with Crippen LogP contribution in [0, 0.1) is 34.4 Å². The van der Waals surface area contributed by atoms with Gasteiger partial charge in [0.05, 0.1) is 11.1 Å². The predicted molar refractivity (Wildman–Crippen MR) is 257 cm³/mol. The van der Waals surface area contributed by atoms with E-state index >= 15 is 4.39 Å². The van der Waals surface area contributed by atoms with E-state index in [2.05, 4.69) is 53.9 Å². The van der Waals surface area contributed by atoms with Crippen LogP contribution in [0.1, 0.15) is 136 Å². The molecule has 15 heteroatoms. The van der Waals surface area contributed by atoms with Crippen LogP contribution in [0.4, 0.5) is 10.1 Å². The first-order valence-electron chi connectivity index (χ1n) is 24.2. The van der Waals surface area contributed by atoms with Gasteiger partial charge in [0.15, 0.2) is 0 Å². The zero-order valence-electron chi connectivity index (χ0n) is 38.9. The molecule has 5 atom stereocenters. The molecule has 1 saturated carbocycles. The van der Waals surface area contributed by atoms with Gasteiger partial charge in [0.25, 0.3) is 5.91 Å². The van der Waals surface area contributed by atoms with Gasteiger partial charge in [-0.1, -0.05) is 99.3 Å². The number of carbonyl (C=O) groups excluding carboxylic acids is 6. The van der Waals surface area contributed by atoms with Crippen molar-refractivity contribution in [1.29, 1.82) is 0 Å². The average molecular weight is 966 g/mol. The van der Waals surface area contributed by atoms with E-state index in [4.69, 9.17) is 23.2 Å². The number of nitrogens with one attached hydrogen (secondary N) is 4. The number of hydrogen-bond donors (Lipinski definition) is 4. The molecule has 0 bridgehead atoms. The number of hydrogen-bond acceptors (Lipinski definition) is 7. The van der Waals surface area contributed by atoms with Crippen molar-refractivity contribution < 1.29 is 33.2 Å². The molecule has 1 unspecified atom stereocenters. The molecule has 1 spiro atoms. The summed E-state index contributed by atoms with van der Waals surface area (Å²) in [5.74, 6) is 3.67. The molecule has 5 aliphatic heterocycles. The monoisotopic (exact) mass is 964 g/mol. The third kappa shape index (κ3) is 8.81. The number of halogens is 3. The summed E-state index contributed by atoms with van der Waals surface area (Å²) in [7, 11) is 0. The van der Waals surface area contributed by atoms with E-state index < -0.39 is 46.6 Å². The summed E-state index contributed by atoms with van der Waals surface area (Å²) in [6, 6.07) is 13.2. The molecule has 0 aromatic heterocycles. The summed E-state index contributed by atoms with van der Waals surface area (Å²) in [5, 5.41) is 12.4. The fourth-order valence-electron chi connectivity index (χ4n) is 12.1. The number of nitrogens with zero attached hydrogens (tertiary/aromatic N) is 2. The number of anilines is 1. The summed E-state index contributed by atoms with van der Waals surface area (Å²) in [6.45, 7) is 7.94. The highest BCUT2D eigenvalue weighted by Crippen LogP contribution is 2.57. The third-order valence-electron chi connectivity index (χ3n) is 15.4. The van der Waals surface area contributed by atoms with Crippen LogP contribution in [0.2, 0.25) is 10.0 Å². The van der Waals surface area contributed by atoms with E-state index in [9.17, 15) is 28.8 Å². The lowest BCUT2D eigenvalue weighted by Crippen LogP contribution is -2.52. The maximum atomic E-state index is 16.3. The van der Waals surface area contributed by atoms with E-state index in [0.29, 0.717) is 67.2 Å². The van der Waals surface area contributed by atoms with Crippen molar-refractivity contribution in [3.63, 3.8) is 0 Å². The molecule has 5 heterocycles. The Hall–Kier alpha value is -5.29. The van der Waals surface area contributed by atoms with Crippen LogP contribution in [-0.2, 0) is 35.9 Å². The van der Waals surface area contributed by atoms with E-state index in [1.54, 1.807) is 42.5 Å². The van der Waals surface area contributed by atoms with Crippen LogP contribution < -0.4 is 21.3 Å². The van der Waals surface area contributed by atoms with E-state index in [-0.39, 0.29) is 64.4 Å². The molecule has 6 amide bonds. The lowest BCUT2D eigenvalue weighted by Gasteiger charge is -2.42. The van der Waals surface area contributed by atoms with Crippen molar-refractivity contribution >= 4 is 64.3 Å². The fraction of sp³-hybridized carbons (Fsp3) is 0.509. The Morgan fingerprint density at radius 3 is 2.43 bits per heavy atom. The minimum Gasteiger partial charge on any atom is -0.355 e. The Kier molecular flexibility index (Phi) is 13.3. The molecule has 3 aromatic carbocycles. The Balaban J connectivity index is 0.864. The molecule has 4 fully saturated rings. The molecule has 9 rings (SSSR count). The lowest BCUT2D eigenvalue weighted by atomic mass is 9.62. The summed E-state index contributed by atoms with van der Waals surface area (Å²) < 4.78 is 16.3. The maximum absolute atomic E-state index is 16.3. The smallest absolute Gasteiger partial charge is 0.255 e. The highest BCUT2D eigenvalue weighted by molar-refractivity contribution is 6.31. The lowest BCUT2D eigenvalue weighted by molar-refractivity contribution is -0.146. The average Bonchev–Trinajstić information content (AvgIpc) is 3.92. The minimum absolute atomic E-state index is 0.0629. The van der Waals surface area contributed by atoms with Crippen LogP contribution in [0.25, 0.3) is 0 Å². The predicted octanol–water partition coefficient (Wildman–Crippen LogP) is 7.78. The van der Waals surface area contributed by atoms with Crippen molar-refractivity contribution in [1.82, 2.24) is 25.8 Å². The minimum atomic E-state index is -1.36. The normalized spacial score (nSPS) is 25.7. The quantitative estimate of drug-likeness (QED) is 0.0970. The van der Waals surface area contributed by atoms with Gasteiger partial charge in [0.1, 0.15) is 17.3 Å². The summed E-state index contributed by atoms with van der Waals surface area (Å²) >= 11 is 12.8. The number of fused-ring (bicyclic) bond motifs is 3. The van der Waals surface area contributed by atoms with E-state index in [0.717, 1.165) is 56.1 Å². The van der Waals surface area contributed by atoms with Gasteiger partial charge in [0, 0.05) is 77.7 Å². The van der Waals surface area contributed by atoms with Gasteiger partial charge in [-0.15, -0.1) is 0 Å². The first-order valence-corrected chi connectivity index (χ1v) is 24.9. The Morgan fingerprint density at radius 2 is 1.69 bits per heavy atom. The van der Waals surface area contributed by atoms with Crippen LogP contribution in [0.3, 0.4) is 0 Å². The van der Waals surface area contributed by atoms with Gasteiger partial charge in [-0.2, -0.15) is 0 Å². The number of likely N-dealkylation sites (tertiary alicyclic amines) is 1. The van der Waals surface area contributed by atoms with Gasteiger partial charge in [-0.25, -0.2) is 4.39 Å². The molecule has 1 aliphatic carbocycles. The van der Waals surface area contributed by atoms with Gasteiger partial charge in [-0.3, -0.25) is 34.1 Å². The molecule has 68 heavy (non-hydrogen) atoms. The molecule has 3 aromatic rings. The SMILES string of the molecule is CC(C)(C)C[C@@H]1N[C@@H](C(=O)NCCCC2(C(=O)N3CCC(C#Cc4cccc5c4CN(C4CCC(=O)NC4=O)C5=O)CC3)CCCCC2)[C@H](c2cccc(Cl)c2F)[C@]12C(=O)Nc1cc(Cl)ccc12. The van der Waals surface area contributed by atoms with Crippen molar-refractivity contribution in [3.05, 3.63) is 98.3 Å². The zero-order valence-corrected chi connectivity index (χ0v) is 40.4. The zero-order chi connectivity index (χ0) is 48.1. The molecule has 358 valence electrons. The van der Waals surface area contributed by atoms with Crippen molar-refractivity contribution in [2.75, 3.05) is 25.0 Å². The highest BCUT2D eigenvalue weighted by Gasteiger charge is 2.66. The van der Waals surface area contributed by atoms with E-state index in [1.165, 1.54) is 11.0 Å². The van der Waals surface area contributed by atoms with Crippen LogP contribution in [-0.4, -0.2) is 83.0 Å². The fourth-order valence-corrected chi connectivity index (χ4v) is 12.5. The van der Waals surface area contributed by atoms with Crippen LogP contribution in [0.5, 0.6) is 0 Å². The number of amides is 6. The maximum Gasteiger partial charge on any atom is 0.255 e. The largest absolute Gasteiger partial charge is 0.355 e. The first kappa shape index (κ1) is 47.8. The Bertz CT molecular complexity index is 2630. The number of benzene rings is 3. The molecule has 3 saturated heterocycles. The third-order valence-corrected chi connectivity index (χ3v) is 15.9. The molecule has 12 nitrogen and oxygen atoms in total. The van der Waals surface area contributed by atoms with Gasteiger partial charge < -0.3 is 25.8 Å². The highest BCUT2D eigenvalue weighted by atomic mass is 35.5. The molecule has 4 N–H and O–H groups in total.